The predicted molar refractivity (Wildman–Crippen MR) is 101 cm³/mol. The molecular weight excluding hydrogens is 356 g/mol. The van der Waals surface area contributed by atoms with Crippen LogP contribution >= 0.6 is 11.8 Å². The zero-order chi connectivity index (χ0) is 19.1. The van der Waals surface area contributed by atoms with Crippen molar-refractivity contribution in [3.8, 4) is 11.5 Å². The lowest BCUT2D eigenvalue weighted by atomic mass is 10.2. The van der Waals surface area contributed by atoms with Gasteiger partial charge in [0, 0.05) is 13.1 Å². The molecule has 1 aliphatic heterocycles. The van der Waals surface area contributed by atoms with Crippen LogP contribution in [0.3, 0.4) is 0 Å². The van der Waals surface area contributed by atoms with Crippen LogP contribution in [0.25, 0.3) is 6.08 Å². The number of rotatable bonds is 7. The highest BCUT2D eigenvalue weighted by Gasteiger charge is 2.31. The van der Waals surface area contributed by atoms with Crippen LogP contribution in [0.1, 0.15) is 19.4 Å². The molecule has 0 bridgehead atoms. The molecule has 140 valence electrons. The molecule has 0 N–H and O–H groups in total. The molecule has 7 nitrogen and oxygen atoms in total. The number of methoxy groups -OCH3 is 2. The van der Waals surface area contributed by atoms with Crippen molar-refractivity contribution in [3.05, 3.63) is 28.7 Å². The summed E-state index contributed by atoms with van der Waals surface area (Å²) in [6.07, 6.45) is 1.79. The van der Waals surface area contributed by atoms with Gasteiger partial charge in [0.2, 0.25) is 0 Å². The first kappa shape index (κ1) is 19.8. The lowest BCUT2D eigenvalue weighted by molar-refractivity contribution is -0.142. The second kappa shape index (κ2) is 9.28. The van der Waals surface area contributed by atoms with Crippen molar-refractivity contribution >= 4 is 34.9 Å². The Morgan fingerprint density at radius 3 is 2.65 bits per heavy atom. The third-order valence-corrected chi connectivity index (χ3v) is 4.60. The Balaban J connectivity index is 2.24. The first-order valence-corrected chi connectivity index (χ1v) is 8.99. The number of amides is 1. The van der Waals surface area contributed by atoms with E-state index in [1.165, 1.54) is 26.0 Å². The molecule has 0 aliphatic carbocycles. The highest BCUT2D eigenvalue weighted by molar-refractivity contribution is 8.18. The summed E-state index contributed by atoms with van der Waals surface area (Å²) in [5, 5.41) is 0.719. The summed E-state index contributed by atoms with van der Waals surface area (Å²) in [7, 11) is 2.81. The molecule has 1 aliphatic rings. The second-order valence-corrected chi connectivity index (χ2v) is 6.20. The fraction of sp³-hybridized carbons (Fsp3) is 0.389. The molecule has 8 heteroatoms. The standard InChI is InChI=1S/C18H22N2O5S/c1-5-19-18-20(6-2)17(22)15(26-18)10-12-7-8-13(14(9-12)23-3)25-11-16(21)24-4/h7-10H,5-6,11H2,1-4H3/b15-10+,19-18?. The number of amidine groups is 1. The van der Waals surface area contributed by atoms with E-state index in [2.05, 4.69) is 9.73 Å². The molecule has 0 spiro atoms. The number of ether oxygens (including phenoxy) is 3. The molecule has 0 unspecified atom stereocenters. The van der Waals surface area contributed by atoms with Gasteiger partial charge in [0.25, 0.3) is 5.91 Å². The van der Waals surface area contributed by atoms with Gasteiger partial charge < -0.3 is 14.2 Å². The molecule has 1 fully saturated rings. The van der Waals surface area contributed by atoms with Crippen LogP contribution < -0.4 is 9.47 Å². The fourth-order valence-corrected chi connectivity index (χ4v) is 3.39. The SMILES string of the molecule is CCN=C1S/C(=C/c2ccc(OCC(=O)OC)c(OC)c2)C(=O)N1CC. The molecule has 1 heterocycles. The maximum absolute atomic E-state index is 12.5. The number of esters is 1. The largest absolute Gasteiger partial charge is 0.493 e. The van der Waals surface area contributed by atoms with Crippen molar-refractivity contribution in [2.45, 2.75) is 13.8 Å². The van der Waals surface area contributed by atoms with Gasteiger partial charge in [-0.05, 0) is 49.4 Å². The molecule has 1 aromatic carbocycles. The Labute approximate surface area is 157 Å². The number of aliphatic imine (C=N–C) groups is 1. The van der Waals surface area contributed by atoms with Gasteiger partial charge in [0.15, 0.2) is 23.3 Å². The quantitative estimate of drug-likeness (QED) is 0.536. The van der Waals surface area contributed by atoms with E-state index in [1.54, 1.807) is 29.2 Å². The highest BCUT2D eigenvalue weighted by atomic mass is 32.2. The van der Waals surface area contributed by atoms with E-state index in [4.69, 9.17) is 9.47 Å². The number of carbonyl (C=O) groups excluding carboxylic acids is 2. The van der Waals surface area contributed by atoms with Crippen LogP contribution in [0.4, 0.5) is 0 Å². The lowest BCUT2D eigenvalue weighted by Gasteiger charge is -2.11. The Bertz CT molecular complexity index is 745. The molecule has 1 amide bonds. The highest BCUT2D eigenvalue weighted by Crippen LogP contribution is 2.34. The molecule has 26 heavy (non-hydrogen) atoms. The minimum absolute atomic E-state index is 0.0605. The molecule has 2 rings (SSSR count). The number of likely N-dealkylation sites (N-methyl/N-ethyl adjacent to an activating group) is 1. The summed E-state index contributed by atoms with van der Waals surface area (Å²) in [6.45, 7) is 4.85. The maximum Gasteiger partial charge on any atom is 0.343 e. The van der Waals surface area contributed by atoms with Gasteiger partial charge in [-0.25, -0.2) is 4.79 Å². The van der Waals surface area contributed by atoms with Crippen LogP contribution in [-0.4, -0.2) is 55.9 Å². The zero-order valence-corrected chi connectivity index (χ0v) is 16.1. The summed E-state index contributed by atoms with van der Waals surface area (Å²) in [5.74, 6) is 0.352. The van der Waals surface area contributed by atoms with Crippen molar-refractivity contribution in [2.24, 2.45) is 4.99 Å². The van der Waals surface area contributed by atoms with Gasteiger partial charge in [-0.2, -0.15) is 0 Å². The Hall–Kier alpha value is -2.48. The minimum atomic E-state index is -0.478. The zero-order valence-electron chi connectivity index (χ0n) is 15.3. The number of benzene rings is 1. The summed E-state index contributed by atoms with van der Waals surface area (Å²) < 4.78 is 15.3. The average molecular weight is 378 g/mol. The van der Waals surface area contributed by atoms with Crippen molar-refractivity contribution < 1.29 is 23.8 Å². The second-order valence-electron chi connectivity index (χ2n) is 5.19. The molecular formula is C18H22N2O5S. The van der Waals surface area contributed by atoms with Crippen molar-refractivity contribution in [1.82, 2.24) is 4.90 Å². The Morgan fingerprint density at radius 1 is 1.27 bits per heavy atom. The van der Waals surface area contributed by atoms with Crippen LogP contribution in [-0.2, 0) is 14.3 Å². The number of hydrogen-bond donors (Lipinski definition) is 0. The normalized spacial score (nSPS) is 17.1. The summed E-state index contributed by atoms with van der Waals surface area (Å²) in [4.78, 5) is 30.3. The predicted octanol–water partition coefficient (Wildman–Crippen LogP) is 2.56. The van der Waals surface area contributed by atoms with Gasteiger partial charge in [-0.1, -0.05) is 6.07 Å². The van der Waals surface area contributed by atoms with Crippen LogP contribution in [0.5, 0.6) is 11.5 Å². The van der Waals surface area contributed by atoms with Gasteiger partial charge in [-0.15, -0.1) is 0 Å². The minimum Gasteiger partial charge on any atom is -0.493 e. The van der Waals surface area contributed by atoms with E-state index in [-0.39, 0.29) is 12.5 Å². The third-order valence-electron chi connectivity index (χ3n) is 3.56. The molecule has 0 aromatic heterocycles. The Kier molecular flexibility index (Phi) is 7.08. The van der Waals surface area contributed by atoms with Crippen molar-refractivity contribution in [3.63, 3.8) is 0 Å². The monoisotopic (exact) mass is 378 g/mol. The van der Waals surface area contributed by atoms with Gasteiger partial charge in [-0.3, -0.25) is 14.7 Å². The number of hydrogen-bond acceptors (Lipinski definition) is 7. The van der Waals surface area contributed by atoms with Gasteiger partial charge in [0.05, 0.1) is 19.1 Å². The average Bonchev–Trinajstić information content (AvgIpc) is 2.94. The molecule has 0 atom stereocenters. The molecule has 1 saturated heterocycles. The fourth-order valence-electron chi connectivity index (χ4n) is 2.28. The van der Waals surface area contributed by atoms with E-state index in [9.17, 15) is 9.59 Å². The van der Waals surface area contributed by atoms with E-state index in [0.717, 1.165) is 10.7 Å². The first-order chi connectivity index (χ1) is 12.5. The van der Waals surface area contributed by atoms with Gasteiger partial charge in [0.1, 0.15) is 0 Å². The Morgan fingerprint density at radius 2 is 2.04 bits per heavy atom. The van der Waals surface area contributed by atoms with E-state index in [1.807, 2.05) is 13.8 Å². The summed E-state index contributed by atoms with van der Waals surface area (Å²) in [6, 6.07) is 5.23. The van der Waals surface area contributed by atoms with Crippen molar-refractivity contribution in [2.75, 3.05) is 33.9 Å². The first-order valence-electron chi connectivity index (χ1n) is 8.17. The van der Waals surface area contributed by atoms with Crippen molar-refractivity contribution in [1.29, 1.82) is 0 Å². The summed E-state index contributed by atoms with van der Waals surface area (Å²) in [5.41, 5.74) is 0.789. The van der Waals surface area contributed by atoms with E-state index in [0.29, 0.717) is 29.5 Å². The molecule has 0 radical (unpaired) electrons. The van der Waals surface area contributed by atoms with Gasteiger partial charge >= 0.3 is 5.97 Å². The number of carbonyl (C=O) groups is 2. The number of thioether (sulfide) groups is 1. The molecule has 0 saturated carbocycles. The van der Waals surface area contributed by atoms with E-state index < -0.39 is 5.97 Å². The molecule has 1 aromatic rings. The maximum atomic E-state index is 12.5. The third kappa shape index (κ3) is 4.57. The van der Waals surface area contributed by atoms with Crippen LogP contribution in [0, 0.1) is 0 Å². The topological polar surface area (TPSA) is 77.4 Å². The lowest BCUT2D eigenvalue weighted by Crippen LogP contribution is -2.28. The van der Waals surface area contributed by atoms with Crippen LogP contribution in [0.15, 0.2) is 28.1 Å². The smallest absolute Gasteiger partial charge is 0.343 e. The number of nitrogens with zero attached hydrogens (tertiary/aromatic N) is 2. The summed E-state index contributed by atoms with van der Waals surface area (Å²) >= 11 is 1.36. The van der Waals surface area contributed by atoms with E-state index >= 15 is 0 Å². The van der Waals surface area contributed by atoms with Crippen LogP contribution in [0.2, 0.25) is 0 Å².